The van der Waals surface area contributed by atoms with Gasteiger partial charge in [0.05, 0.1) is 30.6 Å². The van der Waals surface area contributed by atoms with Crippen molar-refractivity contribution in [3.8, 4) is 0 Å². The number of ether oxygens (including phenoxy) is 3. The third kappa shape index (κ3) is 5.40. The normalized spacial score (nSPS) is 26.8. The van der Waals surface area contributed by atoms with E-state index in [1.54, 1.807) is 19.1 Å². The van der Waals surface area contributed by atoms with Gasteiger partial charge in [0, 0.05) is 25.4 Å². The number of rotatable bonds is 6. The van der Waals surface area contributed by atoms with Crippen LogP contribution in [0.25, 0.3) is 0 Å². The second-order valence-electron chi connectivity index (χ2n) is 7.43. The summed E-state index contributed by atoms with van der Waals surface area (Å²) in [4.78, 5) is 14.3. The van der Waals surface area contributed by atoms with Gasteiger partial charge in [-0.2, -0.15) is 0 Å². The number of hydrogen-bond donors (Lipinski definition) is 1. The van der Waals surface area contributed by atoms with Gasteiger partial charge in [0.25, 0.3) is 5.91 Å². The number of hydrogen-bond acceptors (Lipinski definition) is 5. The molecule has 1 aromatic rings. The Morgan fingerprint density at radius 1 is 1.37 bits per heavy atom. The molecule has 2 aliphatic heterocycles. The van der Waals surface area contributed by atoms with Crippen LogP contribution in [0, 0.1) is 5.82 Å². The Hall–Kier alpha value is -1.70. The van der Waals surface area contributed by atoms with E-state index in [9.17, 15) is 9.18 Å². The molecular formula is C20H29FN2O4. The first kappa shape index (κ1) is 20.0. The van der Waals surface area contributed by atoms with E-state index in [0.717, 1.165) is 19.4 Å². The lowest BCUT2D eigenvalue weighted by Crippen LogP contribution is -2.45. The molecule has 4 unspecified atom stereocenters. The molecule has 0 bridgehead atoms. The second kappa shape index (κ2) is 8.99. The summed E-state index contributed by atoms with van der Waals surface area (Å²) in [5.41, 5.74) is 0.945. The van der Waals surface area contributed by atoms with Crippen molar-refractivity contribution in [1.82, 2.24) is 0 Å². The zero-order valence-corrected chi connectivity index (χ0v) is 16.2. The molecule has 1 amide bonds. The second-order valence-corrected chi connectivity index (χ2v) is 7.43. The molecule has 0 radical (unpaired) electrons. The molecule has 2 saturated heterocycles. The maximum Gasteiger partial charge on any atom is 0.253 e. The van der Waals surface area contributed by atoms with Gasteiger partial charge in [-0.1, -0.05) is 0 Å². The van der Waals surface area contributed by atoms with Gasteiger partial charge in [-0.15, -0.1) is 0 Å². The van der Waals surface area contributed by atoms with Gasteiger partial charge in [0.1, 0.15) is 11.9 Å². The zero-order chi connectivity index (χ0) is 19.4. The van der Waals surface area contributed by atoms with Gasteiger partial charge in [-0.25, -0.2) is 4.39 Å². The highest BCUT2D eigenvalue weighted by atomic mass is 19.1. The summed E-state index contributed by atoms with van der Waals surface area (Å²) in [6.07, 6.45) is 1.53. The van der Waals surface area contributed by atoms with E-state index < -0.39 is 6.10 Å². The number of amides is 1. The molecule has 1 aromatic carbocycles. The third-order valence-corrected chi connectivity index (χ3v) is 4.90. The Morgan fingerprint density at radius 3 is 2.74 bits per heavy atom. The van der Waals surface area contributed by atoms with Crippen LogP contribution in [0.3, 0.4) is 0 Å². The molecule has 0 spiro atoms. The molecule has 0 saturated carbocycles. The number of morpholine rings is 1. The van der Waals surface area contributed by atoms with Crippen molar-refractivity contribution >= 4 is 17.3 Å². The van der Waals surface area contributed by atoms with Gasteiger partial charge in [-0.3, -0.25) is 4.79 Å². The van der Waals surface area contributed by atoms with Crippen LogP contribution in [0.5, 0.6) is 0 Å². The first-order chi connectivity index (χ1) is 12.9. The van der Waals surface area contributed by atoms with E-state index in [4.69, 9.17) is 14.2 Å². The third-order valence-electron chi connectivity index (χ3n) is 4.90. The lowest BCUT2D eigenvalue weighted by Gasteiger charge is -2.37. The maximum atomic E-state index is 14.6. The highest BCUT2D eigenvalue weighted by molar-refractivity contribution is 5.94. The molecule has 150 valence electrons. The summed E-state index contributed by atoms with van der Waals surface area (Å²) in [5.74, 6) is -0.657. The molecule has 7 heteroatoms. The monoisotopic (exact) mass is 380 g/mol. The van der Waals surface area contributed by atoms with Crippen LogP contribution in [-0.2, 0) is 19.0 Å². The topological polar surface area (TPSA) is 60.0 Å². The lowest BCUT2D eigenvalue weighted by atomic mass is 10.1. The van der Waals surface area contributed by atoms with Crippen LogP contribution in [-0.4, -0.2) is 56.6 Å². The Bertz CT molecular complexity index is 641. The van der Waals surface area contributed by atoms with Crippen molar-refractivity contribution in [2.24, 2.45) is 0 Å². The summed E-state index contributed by atoms with van der Waals surface area (Å²) in [6, 6.07) is 4.77. The number of halogens is 1. The van der Waals surface area contributed by atoms with Crippen LogP contribution in [0.1, 0.15) is 33.6 Å². The largest absolute Gasteiger partial charge is 0.376 e. The Kier molecular flexibility index (Phi) is 6.68. The van der Waals surface area contributed by atoms with E-state index in [2.05, 4.69) is 5.32 Å². The minimum atomic E-state index is -0.627. The van der Waals surface area contributed by atoms with Gasteiger partial charge in [0.2, 0.25) is 0 Å². The van der Waals surface area contributed by atoms with Crippen molar-refractivity contribution in [3.05, 3.63) is 24.0 Å². The first-order valence-corrected chi connectivity index (χ1v) is 9.66. The smallest absolute Gasteiger partial charge is 0.253 e. The van der Waals surface area contributed by atoms with Gasteiger partial charge in [-0.05, 0) is 51.8 Å². The number of carbonyl (C=O) groups excluding carboxylic acids is 1. The van der Waals surface area contributed by atoms with Gasteiger partial charge < -0.3 is 24.4 Å². The van der Waals surface area contributed by atoms with Crippen LogP contribution in [0.2, 0.25) is 0 Å². The van der Waals surface area contributed by atoms with Crippen LogP contribution in [0.4, 0.5) is 15.8 Å². The Balaban J connectivity index is 1.55. The van der Waals surface area contributed by atoms with E-state index in [0.29, 0.717) is 31.1 Å². The number of benzene rings is 1. The molecule has 2 fully saturated rings. The van der Waals surface area contributed by atoms with Crippen molar-refractivity contribution in [2.75, 3.05) is 36.5 Å². The number of anilines is 2. The minimum absolute atomic E-state index is 0.0503. The molecule has 2 aliphatic rings. The lowest BCUT2D eigenvalue weighted by molar-refractivity contribution is -0.128. The summed E-state index contributed by atoms with van der Waals surface area (Å²) in [6.45, 7) is 8.07. The predicted molar refractivity (Wildman–Crippen MR) is 102 cm³/mol. The van der Waals surface area contributed by atoms with E-state index in [1.165, 1.54) is 6.07 Å². The minimum Gasteiger partial charge on any atom is -0.376 e. The Morgan fingerprint density at radius 2 is 2.11 bits per heavy atom. The van der Waals surface area contributed by atoms with Gasteiger partial charge in [0.15, 0.2) is 0 Å². The van der Waals surface area contributed by atoms with Crippen molar-refractivity contribution in [1.29, 1.82) is 0 Å². The van der Waals surface area contributed by atoms with Crippen molar-refractivity contribution in [2.45, 2.75) is 58.0 Å². The van der Waals surface area contributed by atoms with Crippen molar-refractivity contribution in [3.63, 3.8) is 0 Å². The summed E-state index contributed by atoms with van der Waals surface area (Å²) >= 11 is 0. The van der Waals surface area contributed by atoms with Crippen LogP contribution in [0.15, 0.2) is 18.2 Å². The number of carbonyl (C=O) groups is 1. The molecular weight excluding hydrogens is 351 g/mol. The maximum absolute atomic E-state index is 14.6. The fourth-order valence-electron chi connectivity index (χ4n) is 3.56. The summed E-state index contributed by atoms with van der Waals surface area (Å²) < 4.78 is 31.4. The summed E-state index contributed by atoms with van der Waals surface area (Å²) in [5, 5.41) is 2.72. The van der Waals surface area contributed by atoms with Crippen LogP contribution >= 0.6 is 0 Å². The molecule has 1 N–H and O–H groups in total. The van der Waals surface area contributed by atoms with Crippen molar-refractivity contribution < 1.29 is 23.4 Å². The SMILES string of the molecule is CC1CN(c2ccc(NC(=O)C(C)OCC3CCCO3)cc2F)CC(C)O1. The molecule has 0 aromatic heterocycles. The highest BCUT2D eigenvalue weighted by Gasteiger charge is 2.25. The molecule has 27 heavy (non-hydrogen) atoms. The first-order valence-electron chi connectivity index (χ1n) is 9.66. The molecule has 3 rings (SSSR count). The Labute approximate surface area is 160 Å². The molecule has 6 nitrogen and oxygen atoms in total. The quantitative estimate of drug-likeness (QED) is 0.822. The fourth-order valence-corrected chi connectivity index (χ4v) is 3.56. The van der Waals surface area contributed by atoms with Crippen LogP contribution < -0.4 is 10.2 Å². The fraction of sp³-hybridized carbons (Fsp3) is 0.650. The van der Waals surface area contributed by atoms with E-state index in [-0.39, 0.29) is 30.0 Å². The average molecular weight is 380 g/mol. The molecule has 2 heterocycles. The van der Waals surface area contributed by atoms with Gasteiger partial charge >= 0.3 is 0 Å². The average Bonchev–Trinajstić information content (AvgIpc) is 3.12. The predicted octanol–water partition coefficient (Wildman–Crippen LogP) is 2.96. The highest BCUT2D eigenvalue weighted by Crippen LogP contribution is 2.26. The molecule has 0 aliphatic carbocycles. The zero-order valence-electron chi connectivity index (χ0n) is 16.2. The standard InChI is InChI=1S/C20H29FN2O4/c1-13-10-23(11-14(2)27-13)19-7-6-16(9-18(19)21)22-20(24)15(3)26-12-17-5-4-8-25-17/h6-7,9,13-15,17H,4-5,8,10-12H2,1-3H3,(H,22,24). The van der Waals surface area contributed by atoms with E-state index in [1.807, 2.05) is 18.7 Å². The molecule has 4 atom stereocenters. The summed E-state index contributed by atoms with van der Waals surface area (Å²) in [7, 11) is 0. The number of nitrogens with one attached hydrogen (secondary N) is 1. The van der Waals surface area contributed by atoms with E-state index >= 15 is 0 Å². The number of nitrogens with zero attached hydrogens (tertiary/aromatic N) is 1.